The van der Waals surface area contributed by atoms with Gasteiger partial charge in [-0.05, 0) is 56.4 Å². The highest BCUT2D eigenvalue weighted by atomic mass is 19.1. The van der Waals surface area contributed by atoms with E-state index in [0.717, 1.165) is 31.9 Å². The molecule has 5 rings (SSSR count). The maximum absolute atomic E-state index is 13.8. The van der Waals surface area contributed by atoms with E-state index in [9.17, 15) is 33.8 Å². The van der Waals surface area contributed by atoms with Gasteiger partial charge in [0.25, 0.3) is 12.7 Å². The molecule has 0 aliphatic carbocycles. The lowest BCUT2D eigenvalue weighted by atomic mass is 9.70. The molecule has 3 aromatic rings. The summed E-state index contributed by atoms with van der Waals surface area (Å²) < 4.78 is 39.1. The highest BCUT2D eigenvalue weighted by Gasteiger charge is 2.58. The van der Waals surface area contributed by atoms with Gasteiger partial charge >= 0.3 is 0 Å². The molecule has 3 atom stereocenters. The van der Waals surface area contributed by atoms with Crippen LogP contribution in [0.1, 0.15) is 12.0 Å². The number of aliphatic hydroxyl groups excluding tert-OH is 2. The Kier molecular flexibility index (Phi) is 10.2. The minimum absolute atomic E-state index is 0.0320. The summed E-state index contributed by atoms with van der Waals surface area (Å²) in [5.74, 6) is -2.28. The fraction of sp³-hybridized carbons (Fsp3) is 0.419. The number of halogens is 2. The van der Waals surface area contributed by atoms with Gasteiger partial charge in [0.2, 0.25) is 23.4 Å². The number of carbonyl (C=O) groups excluding carboxylic acids is 2. The molecule has 2 fully saturated rings. The summed E-state index contributed by atoms with van der Waals surface area (Å²) in [5, 5.41) is 34.5. The molecule has 0 saturated carbocycles. The number of Topliss-reactive ketones (excluding diaryl/α,β-unsaturated/α-hetero) is 2. The zero-order chi connectivity index (χ0) is 33.7. The molecule has 2 aliphatic heterocycles. The Morgan fingerprint density at radius 3 is 2.49 bits per heavy atom. The highest BCUT2D eigenvalue weighted by Crippen LogP contribution is 2.37. The second-order valence-corrected chi connectivity index (χ2v) is 11.2. The van der Waals surface area contributed by atoms with E-state index in [1.54, 1.807) is 25.3 Å². The Morgan fingerprint density at radius 1 is 1.11 bits per heavy atom. The number of nitrogens with zero attached hydrogens (tertiary/aromatic N) is 6. The maximum atomic E-state index is 13.8. The van der Waals surface area contributed by atoms with Gasteiger partial charge in [0.1, 0.15) is 34.8 Å². The minimum Gasteiger partial charge on any atom is -0.487 e. The first kappa shape index (κ1) is 33.5. The number of likely N-dealkylation sites (N-methyl/N-ethyl adjacent to an activating group) is 1. The number of ketones is 2. The predicted molar refractivity (Wildman–Crippen MR) is 165 cm³/mol. The normalized spacial score (nSPS) is 19.3. The van der Waals surface area contributed by atoms with Crippen molar-refractivity contribution in [3.63, 3.8) is 0 Å². The lowest BCUT2D eigenvalue weighted by molar-refractivity contribution is -0.169. The van der Waals surface area contributed by atoms with Gasteiger partial charge in [-0.2, -0.15) is 10.2 Å². The number of benzene rings is 1. The first-order valence-electron chi connectivity index (χ1n) is 14.8. The Labute approximate surface area is 269 Å². The van der Waals surface area contributed by atoms with Gasteiger partial charge in [-0.15, -0.1) is 0 Å². The maximum Gasteiger partial charge on any atom is 0.257 e. The number of hydrogen-bond acceptors (Lipinski definition) is 14. The monoisotopic (exact) mass is 652 g/mol. The van der Waals surface area contributed by atoms with Crippen molar-refractivity contribution in [2.24, 2.45) is 5.41 Å². The summed E-state index contributed by atoms with van der Waals surface area (Å²) in [6, 6.07) is 11.7. The molecular formula is C31H34F2N8O6. The number of nitriles is 1. The second kappa shape index (κ2) is 14.3. The fourth-order valence-corrected chi connectivity index (χ4v) is 5.74. The first-order valence-corrected chi connectivity index (χ1v) is 14.8. The topological polar surface area (TPSA) is 186 Å². The summed E-state index contributed by atoms with van der Waals surface area (Å²) in [6.07, 6.45) is -6.34. The van der Waals surface area contributed by atoms with Crippen LogP contribution in [0.5, 0.6) is 11.6 Å². The molecule has 2 aromatic heterocycles. The number of carbonyl (C=O) groups is 2. The van der Waals surface area contributed by atoms with E-state index in [4.69, 9.17) is 9.47 Å². The number of aliphatic hydroxyl groups is 2. The van der Waals surface area contributed by atoms with Gasteiger partial charge in [-0.1, -0.05) is 0 Å². The van der Waals surface area contributed by atoms with Crippen LogP contribution in [0.25, 0.3) is 11.3 Å². The van der Waals surface area contributed by atoms with Crippen LogP contribution in [0, 0.1) is 16.7 Å². The van der Waals surface area contributed by atoms with Crippen LogP contribution < -0.4 is 25.0 Å². The number of piperazine rings is 1. The number of pyridine rings is 1. The molecule has 14 nitrogen and oxygen atoms in total. The summed E-state index contributed by atoms with van der Waals surface area (Å²) in [5.41, 5.74) is -0.829. The van der Waals surface area contributed by atoms with Crippen LogP contribution in [0.3, 0.4) is 0 Å². The highest BCUT2D eigenvalue weighted by molar-refractivity contribution is 6.10. The number of piperidine rings is 1. The third-order valence-corrected chi connectivity index (χ3v) is 8.29. The summed E-state index contributed by atoms with van der Waals surface area (Å²) in [7, 11) is 3.63. The Hall–Kier alpha value is -4.82. The number of methoxy groups -OCH3 is 1. The van der Waals surface area contributed by atoms with E-state index < -0.39 is 42.3 Å². The van der Waals surface area contributed by atoms with E-state index in [1.165, 1.54) is 18.3 Å². The van der Waals surface area contributed by atoms with Crippen LogP contribution in [0.2, 0.25) is 0 Å². The molecule has 1 aromatic carbocycles. The van der Waals surface area contributed by atoms with Crippen LogP contribution in [-0.2, 0) is 9.59 Å². The standard InChI is InChI=1S/C31H34F2N8O6/c1-40-11-13-41(14-12-40)21-4-6-24(38-29(21)46-2)39-30-36-10-7-20(37-30)18-3-5-22(19(15-18)16-34)47-23-8-9-35-17-31(23,25(42)27(32)44)26(43)28(33)45/h3-7,10,15,23,27-28,35,44-45H,8-9,11-14,17H2,1-2H3,(H,36,37,38,39)/t23?,27-,28-/m1/s1. The lowest BCUT2D eigenvalue weighted by Crippen LogP contribution is -2.64. The molecule has 4 N–H and O–H groups in total. The third-order valence-electron chi connectivity index (χ3n) is 8.29. The number of ether oxygens (including phenoxy) is 2. The van der Waals surface area contributed by atoms with E-state index in [1.807, 2.05) is 12.1 Å². The average molecular weight is 653 g/mol. The van der Waals surface area contributed by atoms with Gasteiger partial charge in [0.15, 0.2) is 0 Å². The smallest absolute Gasteiger partial charge is 0.257 e. The van der Waals surface area contributed by atoms with Crippen molar-refractivity contribution in [2.75, 3.05) is 63.6 Å². The number of hydrogen-bond donors (Lipinski definition) is 4. The van der Waals surface area contributed by atoms with Crippen molar-refractivity contribution in [1.82, 2.24) is 25.2 Å². The molecule has 2 saturated heterocycles. The zero-order valence-corrected chi connectivity index (χ0v) is 25.7. The summed E-state index contributed by atoms with van der Waals surface area (Å²) in [6.45, 7) is 3.14. The fourth-order valence-electron chi connectivity index (χ4n) is 5.74. The molecule has 0 bridgehead atoms. The minimum atomic E-state index is -3.13. The molecule has 248 valence electrons. The largest absolute Gasteiger partial charge is 0.487 e. The van der Waals surface area contributed by atoms with Gasteiger partial charge in [0.05, 0.1) is 18.4 Å². The van der Waals surface area contributed by atoms with Crippen molar-refractivity contribution in [3.8, 4) is 29.0 Å². The number of anilines is 3. The average Bonchev–Trinajstić information content (AvgIpc) is 3.08. The van der Waals surface area contributed by atoms with Crippen LogP contribution >= 0.6 is 0 Å². The number of nitrogens with one attached hydrogen (secondary N) is 2. The van der Waals surface area contributed by atoms with Gasteiger partial charge < -0.3 is 40.1 Å². The van der Waals surface area contributed by atoms with Crippen molar-refractivity contribution in [1.29, 1.82) is 5.26 Å². The van der Waals surface area contributed by atoms with Crippen molar-refractivity contribution in [3.05, 3.63) is 48.2 Å². The number of aromatic nitrogens is 3. The molecule has 1 unspecified atom stereocenters. The molecule has 47 heavy (non-hydrogen) atoms. The molecular weight excluding hydrogens is 618 g/mol. The Balaban J connectivity index is 1.38. The van der Waals surface area contributed by atoms with E-state index in [-0.39, 0.29) is 30.2 Å². The Morgan fingerprint density at radius 2 is 1.83 bits per heavy atom. The predicted octanol–water partition coefficient (Wildman–Crippen LogP) is 1.36. The van der Waals surface area contributed by atoms with E-state index >= 15 is 0 Å². The van der Waals surface area contributed by atoms with Gasteiger partial charge in [-0.3, -0.25) is 9.59 Å². The first-order chi connectivity index (χ1) is 22.6. The lowest BCUT2D eigenvalue weighted by Gasteiger charge is -2.41. The third kappa shape index (κ3) is 6.98. The SMILES string of the molecule is COc1nc(Nc2nccc(-c3ccc(OC4CCNCC4(C(=O)[C@@H](O)F)C(=O)[C@@H](O)F)c(C#N)c3)n2)ccc1N1CCN(C)CC1. The summed E-state index contributed by atoms with van der Waals surface area (Å²) >= 11 is 0. The van der Waals surface area contributed by atoms with Gasteiger partial charge in [0, 0.05) is 44.5 Å². The van der Waals surface area contributed by atoms with Gasteiger partial charge in [-0.25, -0.2) is 18.7 Å². The molecule has 0 spiro atoms. The van der Waals surface area contributed by atoms with Crippen LogP contribution in [0.4, 0.5) is 26.2 Å². The second-order valence-electron chi connectivity index (χ2n) is 11.2. The molecule has 0 radical (unpaired) electrons. The van der Waals surface area contributed by atoms with Crippen molar-refractivity contribution < 1.29 is 38.1 Å². The quantitative estimate of drug-likeness (QED) is 0.218. The number of rotatable bonds is 11. The van der Waals surface area contributed by atoms with Crippen LogP contribution in [-0.4, -0.2) is 114 Å². The summed E-state index contributed by atoms with van der Waals surface area (Å²) in [4.78, 5) is 43.3. The van der Waals surface area contributed by atoms with Crippen molar-refractivity contribution in [2.45, 2.75) is 25.2 Å². The molecule has 2 aliphatic rings. The van der Waals surface area contributed by atoms with Crippen LogP contribution in [0.15, 0.2) is 42.6 Å². The van der Waals surface area contributed by atoms with E-state index in [2.05, 4.69) is 42.4 Å². The molecule has 0 amide bonds. The van der Waals surface area contributed by atoms with E-state index in [0.29, 0.717) is 23.0 Å². The number of alkyl halides is 2. The molecule has 16 heteroatoms. The molecule has 4 heterocycles. The zero-order valence-electron chi connectivity index (χ0n) is 25.7. The van der Waals surface area contributed by atoms with Crippen molar-refractivity contribution >= 4 is 29.0 Å². The Bertz CT molecular complexity index is 1640.